The Bertz CT molecular complexity index is 527. The van der Waals surface area contributed by atoms with Crippen LogP contribution >= 0.6 is 24.0 Å². The molecule has 5 nitrogen and oxygen atoms in total. The van der Waals surface area contributed by atoms with E-state index >= 15 is 0 Å². The second-order valence-corrected chi connectivity index (χ2v) is 6.91. The molecule has 1 saturated heterocycles. The molecule has 0 radical (unpaired) electrons. The summed E-state index contributed by atoms with van der Waals surface area (Å²) in [7, 11) is 0. The highest BCUT2D eigenvalue weighted by atomic mass is 127. The molecule has 1 heterocycles. The minimum absolute atomic E-state index is 0. The summed E-state index contributed by atoms with van der Waals surface area (Å²) in [5.41, 5.74) is 2.43. The van der Waals surface area contributed by atoms with Crippen LogP contribution in [-0.4, -0.2) is 49.7 Å². The summed E-state index contributed by atoms with van der Waals surface area (Å²) in [6.07, 6.45) is 3.62. The molecule has 2 N–H and O–H groups in total. The zero-order chi connectivity index (χ0) is 18.6. The van der Waals surface area contributed by atoms with Gasteiger partial charge in [-0.1, -0.05) is 31.2 Å². The topological polar surface area (TPSA) is 48.9 Å². The lowest BCUT2D eigenvalue weighted by Gasteiger charge is -2.32. The van der Waals surface area contributed by atoms with E-state index in [1.54, 1.807) is 0 Å². The molecule has 6 heteroatoms. The van der Waals surface area contributed by atoms with Crippen molar-refractivity contribution in [3.63, 3.8) is 0 Å². The Morgan fingerprint density at radius 1 is 1.11 bits per heavy atom. The number of rotatable bonds is 9. The number of nitrogens with one attached hydrogen (secondary N) is 2. The SMILES string of the molecule is CCCN1CCC(NC(=NCc2ccc(COCC)cc2)NCC)CC1.I. The summed E-state index contributed by atoms with van der Waals surface area (Å²) >= 11 is 0. The fraction of sp³-hybridized carbons (Fsp3) is 0.667. The third-order valence-electron chi connectivity index (χ3n) is 4.73. The molecule has 0 atom stereocenters. The van der Waals surface area contributed by atoms with Crippen LogP contribution in [0.5, 0.6) is 0 Å². The molecule has 1 aliphatic rings. The zero-order valence-corrected chi connectivity index (χ0v) is 19.5. The maximum atomic E-state index is 5.45. The largest absolute Gasteiger partial charge is 0.377 e. The number of guanidine groups is 1. The molecule has 2 rings (SSSR count). The predicted octanol–water partition coefficient (Wildman–Crippen LogP) is 3.77. The van der Waals surface area contributed by atoms with Gasteiger partial charge in [0.05, 0.1) is 13.2 Å². The third-order valence-corrected chi connectivity index (χ3v) is 4.73. The molecule has 0 aliphatic carbocycles. The Morgan fingerprint density at radius 3 is 2.37 bits per heavy atom. The van der Waals surface area contributed by atoms with Crippen LogP contribution in [0.25, 0.3) is 0 Å². The number of hydrogen-bond acceptors (Lipinski definition) is 3. The number of benzene rings is 1. The van der Waals surface area contributed by atoms with Crippen molar-refractivity contribution in [2.45, 2.75) is 59.2 Å². The lowest BCUT2D eigenvalue weighted by atomic mass is 10.1. The van der Waals surface area contributed by atoms with Crippen molar-refractivity contribution in [3.8, 4) is 0 Å². The second-order valence-electron chi connectivity index (χ2n) is 6.91. The minimum atomic E-state index is 0. The summed E-state index contributed by atoms with van der Waals surface area (Å²) in [5.74, 6) is 0.930. The van der Waals surface area contributed by atoms with Crippen LogP contribution in [-0.2, 0) is 17.9 Å². The highest BCUT2D eigenvalue weighted by Crippen LogP contribution is 2.11. The van der Waals surface area contributed by atoms with Crippen LogP contribution in [0.2, 0.25) is 0 Å². The molecule has 1 aliphatic heterocycles. The molecule has 0 spiro atoms. The van der Waals surface area contributed by atoms with E-state index in [2.05, 4.69) is 53.6 Å². The van der Waals surface area contributed by atoms with Gasteiger partial charge in [0.2, 0.25) is 0 Å². The van der Waals surface area contributed by atoms with E-state index in [0.29, 0.717) is 19.2 Å². The molecule has 1 fully saturated rings. The van der Waals surface area contributed by atoms with Gasteiger partial charge in [0.25, 0.3) is 0 Å². The summed E-state index contributed by atoms with van der Waals surface area (Å²) in [4.78, 5) is 7.34. The summed E-state index contributed by atoms with van der Waals surface area (Å²) < 4.78 is 5.45. The van der Waals surface area contributed by atoms with Gasteiger partial charge >= 0.3 is 0 Å². The average molecular weight is 488 g/mol. The molecule has 0 unspecified atom stereocenters. The van der Waals surface area contributed by atoms with Crippen molar-refractivity contribution in [1.82, 2.24) is 15.5 Å². The number of nitrogens with zero attached hydrogens (tertiary/aromatic N) is 2. The Kier molecular flexibility index (Phi) is 12.7. The lowest BCUT2D eigenvalue weighted by Crippen LogP contribution is -2.48. The van der Waals surface area contributed by atoms with E-state index in [0.717, 1.165) is 19.1 Å². The normalized spacial score (nSPS) is 16.0. The van der Waals surface area contributed by atoms with Crippen LogP contribution in [0, 0.1) is 0 Å². The van der Waals surface area contributed by atoms with E-state index in [4.69, 9.17) is 9.73 Å². The zero-order valence-electron chi connectivity index (χ0n) is 17.2. The standard InChI is InChI=1S/C21H36N4O.HI/c1-4-13-25-14-11-20(12-15-25)24-21(22-5-2)23-16-18-7-9-19(10-8-18)17-26-6-3;/h7-10,20H,4-6,11-17H2,1-3H3,(H2,22,23,24);1H. The van der Waals surface area contributed by atoms with Gasteiger partial charge < -0.3 is 20.3 Å². The fourth-order valence-electron chi connectivity index (χ4n) is 3.26. The van der Waals surface area contributed by atoms with Crippen molar-refractivity contribution in [3.05, 3.63) is 35.4 Å². The van der Waals surface area contributed by atoms with Crippen LogP contribution < -0.4 is 10.6 Å². The first kappa shape index (κ1) is 24.2. The van der Waals surface area contributed by atoms with Crippen LogP contribution in [0.1, 0.15) is 51.2 Å². The first-order chi connectivity index (χ1) is 12.7. The molecular formula is C21H37IN4O. The molecule has 0 bridgehead atoms. The smallest absolute Gasteiger partial charge is 0.191 e. The first-order valence-corrected chi connectivity index (χ1v) is 10.2. The van der Waals surface area contributed by atoms with Gasteiger partial charge in [-0.2, -0.15) is 0 Å². The van der Waals surface area contributed by atoms with Gasteiger partial charge in [0.15, 0.2) is 5.96 Å². The molecule has 0 saturated carbocycles. The lowest BCUT2D eigenvalue weighted by molar-refractivity contribution is 0.134. The monoisotopic (exact) mass is 488 g/mol. The van der Waals surface area contributed by atoms with Gasteiger partial charge in [0, 0.05) is 32.3 Å². The van der Waals surface area contributed by atoms with Crippen molar-refractivity contribution in [2.24, 2.45) is 4.99 Å². The number of likely N-dealkylation sites (tertiary alicyclic amines) is 1. The van der Waals surface area contributed by atoms with E-state index in [9.17, 15) is 0 Å². The summed E-state index contributed by atoms with van der Waals surface area (Å²) in [5, 5.41) is 7.00. The Labute approximate surface area is 182 Å². The van der Waals surface area contributed by atoms with Crippen LogP contribution in [0.15, 0.2) is 29.3 Å². The molecule has 1 aromatic rings. The highest BCUT2D eigenvalue weighted by molar-refractivity contribution is 14.0. The van der Waals surface area contributed by atoms with E-state index in [1.165, 1.54) is 50.0 Å². The van der Waals surface area contributed by atoms with E-state index in [-0.39, 0.29) is 24.0 Å². The van der Waals surface area contributed by atoms with Crippen LogP contribution in [0.3, 0.4) is 0 Å². The van der Waals surface area contributed by atoms with Gasteiger partial charge in [-0.05, 0) is 50.8 Å². The number of halogens is 1. The van der Waals surface area contributed by atoms with Gasteiger partial charge in [0.1, 0.15) is 0 Å². The van der Waals surface area contributed by atoms with E-state index < -0.39 is 0 Å². The molecule has 0 aromatic heterocycles. The second kappa shape index (κ2) is 14.2. The number of hydrogen-bond donors (Lipinski definition) is 2. The number of piperidine rings is 1. The summed E-state index contributed by atoms with van der Waals surface area (Å²) in [6.45, 7) is 13.0. The molecule has 0 amide bonds. The van der Waals surface area contributed by atoms with Crippen molar-refractivity contribution < 1.29 is 4.74 Å². The predicted molar refractivity (Wildman–Crippen MR) is 125 cm³/mol. The van der Waals surface area contributed by atoms with Crippen molar-refractivity contribution in [2.75, 3.05) is 32.8 Å². The number of ether oxygens (including phenoxy) is 1. The third kappa shape index (κ3) is 9.25. The molecular weight excluding hydrogens is 451 g/mol. The molecule has 1 aromatic carbocycles. The van der Waals surface area contributed by atoms with Gasteiger partial charge in [-0.3, -0.25) is 0 Å². The van der Waals surface area contributed by atoms with Gasteiger partial charge in [-0.15, -0.1) is 24.0 Å². The fourth-order valence-corrected chi connectivity index (χ4v) is 3.26. The maximum absolute atomic E-state index is 5.45. The molecule has 154 valence electrons. The number of aliphatic imine (C=N–C) groups is 1. The van der Waals surface area contributed by atoms with Gasteiger partial charge in [-0.25, -0.2) is 4.99 Å². The van der Waals surface area contributed by atoms with Crippen molar-refractivity contribution in [1.29, 1.82) is 0 Å². The average Bonchev–Trinajstić information content (AvgIpc) is 2.67. The summed E-state index contributed by atoms with van der Waals surface area (Å²) in [6, 6.07) is 9.07. The Hall–Kier alpha value is -0.860. The van der Waals surface area contributed by atoms with Crippen LogP contribution in [0.4, 0.5) is 0 Å². The minimum Gasteiger partial charge on any atom is -0.377 e. The first-order valence-electron chi connectivity index (χ1n) is 10.2. The van der Waals surface area contributed by atoms with E-state index in [1.807, 2.05) is 6.92 Å². The Morgan fingerprint density at radius 2 is 1.78 bits per heavy atom. The molecule has 27 heavy (non-hydrogen) atoms. The quantitative estimate of drug-likeness (QED) is 0.316. The highest BCUT2D eigenvalue weighted by Gasteiger charge is 2.19. The maximum Gasteiger partial charge on any atom is 0.191 e. The van der Waals surface area contributed by atoms with Crippen molar-refractivity contribution >= 4 is 29.9 Å². The Balaban J connectivity index is 0.00000364.